The molecule has 24 heavy (non-hydrogen) atoms. The van der Waals surface area contributed by atoms with E-state index in [0.29, 0.717) is 0 Å². The third-order valence-corrected chi connectivity index (χ3v) is 4.23. The van der Waals surface area contributed by atoms with Gasteiger partial charge in [-0.05, 0) is 66.4 Å². The van der Waals surface area contributed by atoms with Crippen LogP contribution >= 0.6 is 0 Å². The highest BCUT2D eigenvalue weighted by atomic mass is 14.8. The quantitative estimate of drug-likeness (QED) is 0.483. The summed E-state index contributed by atoms with van der Waals surface area (Å²) in [7, 11) is 0. The zero-order valence-electron chi connectivity index (χ0n) is 13.8. The van der Waals surface area contributed by atoms with Gasteiger partial charge in [-0.3, -0.25) is 4.98 Å². The lowest BCUT2D eigenvalue weighted by atomic mass is 9.97. The van der Waals surface area contributed by atoms with Crippen molar-refractivity contribution in [3.05, 3.63) is 84.1 Å². The van der Waals surface area contributed by atoms with Crippen LogP contribution in [-0.4, -0.2) is 9.97 Å². The third-order valence-electron chi connectivity index (χ3n) is 4.23. The first-order valence-electron chi connectivity index (χ1n) is 8.10. The Morgan fingerprint density at radius 3 is 2.29 bits per heavy atom. The number of rotatable bonds is 2. The van der Waals surface area contributed by atoms with Gasteiger partial charge in [0.05, 0.1) is 16.7 Å². The zero-order chi connectivity index (χ0) is 16.5. The van der Waals surface area contributed by atoms with Crippen molar-refractivity contribution in [2.75, 3.05) is 0 Å². The van der Waals surface area contributed by atoms with Crippen LogP contribution in [-0.2, 0) is 0 Å². The molecule has 0 bridgehead atoms. The minimum absolute atomic E-state index is 0.931. The highest BCUT2D eigenvalue weighted by molar-refractivity contribution is 5.81. The first-order valence-corrected chi connectivity index (χ1v) is 8.10. The lowest BCUT2D eigenvalue weighted by molar-refractivity contribution is 1.28. The Bertz CT molecular complexity index is 1020. The first-order chi connectivity index (χ1) is 11.7. The van der Waals surface area contributed by atoms with Gasteiger partial charge < -0.3 is 0 Å². The van der Waals surface area contributed by atoms with Crippen molar-refractivity contribution in [1.82, 2.24) is 9.97 Å². The average Bonchev–Trinajstić information content (AvgIpc) is 2.61. The number of hydrogen-bond acceptors (Lipinski definition) is 2. The zero-order valence-corrected chi connectivity index (χ0v) is 13.8. The van der Waals surface area contributed by atoms with Gasteiger partial charge in [0.2, 0.25) is 0 Å². The SMILES string of the molecule is Cc1cc(-c2ccccc2)cc(-c2nc3cccnc3cc2C)c1. The van der Waals surface area contributed by atoms with E-state index in [1.807, 2.05) is 24.4 Å². The summed E-state index contributed by atoms with van der Waals surface area (Å²) in [5, 5.41) is 0. The molecule has 0 aliphatic carbocycles. The number of hydrogen-bond donors (Lipinski definition) is 0. The summed E-state index contributed by atoms with van der Waals surface area (Å²) in [6, 6.07) is 23.2. The van der Waals surface area contributed by atoms with Crippen LogP contribution in [0.3, 0.4) is 0 Å². The summed E-state index contributed by atoms with van der Waals surface area (Å²) in [4.78, 5) is 9.26. The number of fused-ring (bicyclic) bond motifs is 1. The number of aryl methyl sites for hydroxylation is 2. The topological polar surface area (TPSA) is 25.8 Å². The number of benzene rings is 2. The Kier molecular flexibility index (Phi) is 3.58. The van der Waals surface area contributed by atoms with Gasteiger partial charge in [0.25, 0.3) is 0 Å². The molecule has 0 radical (unpaired) electrons. The van der Waals surface area contributed by atoms with Crippen LogP contribution < -0.4 is 0 Å². The Balaban J connectivity index is 1.91. The largest absolute Gasteiger partial charge is 0.255 e. The normalized spacial score (nSPS) is 10.9. The van der Waals surface area contributed by atoms with Gasteiger partial charge in [-0.1, -0.05) is 36.4 Å². The molecule has 0 amide bonds. The van der Waals surface area contributed by atoms with Crippen molar-refractivity contribution in [1.29, 1.82) is 0 Å². The maximum absolute atomic E-state index is 4.86. The summed E-state index contributed by atoms with van der Waals surface area (Å²) in [5.74, 6) is 0. The van der Waals surface area contributed by atoms with Crippen LogP contribution in [0.2, 0.25) is 0 Å². The van der Waals surface area contributed by atoms with E-state index in [4.69, 9.17) is 4.98 Å². The molecule has 4 aromatic rings. The highest BCUT2D eigenvalue weighted by Crippen LogP contribution is 2.30. The lowest BCUT2D eigenvalue weighted by Crippen LogP contribution is -1.93. The Morgan fingerprint density at radius 2 is 1.46 bits per heavy atom. The molecule has 0 fully saturated rings. The Morgan fingerprint density at radius 1 is 0.667 bits per heavy atom. The van der Waals surface area contributed by atoms with E-state index < -0.39 is 0 Å². The van der Waals surface area contributed by atoms with E-state index in [0.717, 1.165) is 27.9 Å². The van der Waals surface area contributed by atoms with Gasteiger partial charge in [-0.25, -0.2) is 4.98 Å². The summed E-state index contributed by atoms with van der Waals surface area (Å²) < 4.78 is 0. The van der Waals surface area contributed by atoms with Crippen LogP contribution in [0.25, 0.3) is 33.4 Å². The summed E-state index contributed by atoms with van der Waals surface area (Å²) in [6.07, 6.45) is 1.81. The van der Waals surface area contributed by atoms with Crippen LogP contribution in [0.4, 0.5) is 0 Å². The molecule has 0 aliphatic heterocycles. The maximum Gasteiger partial charge on any atom is 0.0894 e. The monoisotopic (exact) mass is 310 g/mol. The van der Waals surface area contributed by atoms with Gasteiger partial charge in [-0.2, -0.15) is 0 Å². The molecule has 2 aromatic carbocycles. The van der Waals surface area contributed by atoms with Crippen LogP contribution in [0, 0.1) is 13.8 Å². The van der Waals surface area contributed by atoms with Crippen molar-refractivity contribution in [2.24, 2.45) is 0 Å². The molecule has 0 N–H and O–H groups in total. The van der Waals surface area contributed by atoms with Crippen LogP contribution in [0.1, 0.15) is 11.1 Å². The van der Waals surface area contributed by atoms with E-state index in [2.05, 4.69) is 67.4 Å². The van der Waals surface area contributed by atoms with Crippen molar-refractivity contribution in [3.63, 3.8) is 0 Å². The van der Waals surface area contributed by atoms with Crippen molar-refractivity contribution in [2.45, 2.75) is 13.8 Å². The molecule has 0 atom stereocenters. The molecule has 0 saturated heterocycles. The molecule has 0 spiro atoms. The second-order valence-corrected chi connectivity index (χ2v) is 6.15. The van der Waals surface area contributed by atoms with Gasteiger partial charge in [-0.15, -0.1) is 0 Å². The van der Waals surface area contributed by atoms with E-state index >= 15 is 0 Å². The molecule has 0 aliphatic rings. The van der Waals surface area contributed by atoms with Gasteiger partial charge in [0.15, 0.2) is 0 Å². The Labute approximate surface area is 141 Å². The van der Waals surface area contributed by atoms with Crippen LogP contribution in [0.15, 0.2) is 72.9 Å². The first kappa shape index (κ1) is 14.6. The van der Waals surface area contributed by atoms with Crippen molar-refractivity contribution >= 4 is 11.0 Å². The molecule has 2 heterocycles. The third kappa shape index (κ3) is 2.67. The second-order valence-electron chi connectivity index (χ2n) is 6.15. The fourth-order valence-corrected chi connectivity index (χ4v) is 3.11. The van der Waals surface area contributed by atoms with Crippen LogP contribution in [0.5, 0.6) is 0 Å². The summed E-state index contributed by atoms with van der Waals surface area (Å²) in [6.45, 7) is 4.23. The van der Waals surface area contributed by atoms with E-state index in [1.165, 1.54) is 16.7 Å². The van der Waals surface area contributed by atoms with Gasteiger partial charge in [0, 0.05) is 11.8 Å². The van der Waals surface area contributed by atoms with Crippen molar-refractivity contribution in [3.8, 4) is 22.4 Å². The van der Waals surface area contributed by atoms with E-state index in [1.54, 1.807) is 0 Å². The maximum atomic E-state index is 4.86. The molecular weight excluding hydrogens is 292 g/mol. The minimum atomic E-state index is 0.931. The molecular formula is C22H18N2. The predicted octanol–water partition coefficient (Wildman–Crippen LogP) is 5.58. The second kappa shape index (κ2) is 5.89. The summed E-state index contributed by atoms with van der Waals surface area (Å²) >= 11 is 0. The molecule has 116 valence electrons. The van der Waals surface area contributed by atoms with E-state index in [9.17, 15) is 0 Å². The fraction of sp³-hybridized carbons (Fsp3) is 0.0909. The molecule has 0 unspecified atom stereocenters. The molecule has 2 nitrogen and oxygen atoms in total. The Hall–Kier alpha value is -3.00. The number of pyridine rings is 2. The van der Waals surface area contributed by atoms with Gasteiger partial charge >= 0.3 is 0 Å². The predicted molar refractivity (Wildman–Crippen MR) is 99.9 cm³/mol. The molecule has 0 saturated carbocycles. The lowest BCUT2D eigenvalue weighted by Gasteiger charge is -2.11. The highest BCUT2D eigenvalue weighted by Gasteiger charge is 2.09. The van der Waals surface area contributed by atoms with Crippen molar-refractivity contribution < 1.29 is 0 Å². The standard InChI is InChI=1S/C22H18N2/c1-15-11-18(17-7-4-3-5-8-17)14-19(12-15)22-16(2)13-21-20(24-22)9-6-10-23-21/h3-14H,1-2H3. The smallest absolute Gasteiger partial charge is 0.0894 e. The molecule has 2 aromatic heterocycles. The van der Waals surface area contributed by atoms with Gasteiger partial charge in [0.1, 0.15) is 0 Å². The summed E-state index contributed by atoms with van der Waals surface area (Å²) in [5.41, 5.74) is 8.87. The minimum Gasteiger partial charge on any atom is -0.255 e. The average molecular weight is 310 g/mol. The molecule has 2 heteroatoms. The number of nitrogens with zero attached hydrogens (tertiary/aromatic N) is 2. The fourth-order valence-electron chi connectivity index (χ4n) is 3.11. The van der Waals surface area contributed by atoms with E-state index in [-0.39, 0.29) is 0 Å². The number of aromatic nitrogens is 2. The molecule has 4 rings (SSSR count).